The maximum Gasteiger partial charge on any atom is 0.241 e. The average molecular weight is 307 g/mol. The molecule has 1 saturated heterocycles. The van der Waals surface area contributed by atoms with Gasteiger partial charge in [0.2, 0.25) is 5.91 Å². The van der Waals surface area contributed by atoms with Gasteiger partial charge >= 0.3 is 0 Å². The van der Waals surface area contributed by atoms with Crippen LogP contribution in [0.15, 0.2) is 24.3 Å². The Kier molecular flexibility index (Phi) is 6.54. The highest BCUT2D eigenvalue weighted by atomic mass is 32.2. The van der Waals surface area contributed by atoms with E-state index in [-0.39, 0.29) is 5.91 Å². The number of carbonyl (C=O) groups is 1. The zero-order chi connectivity index (χ0) is 15.1. The quantitative estimate of drug-likeness (QED) is 0.847. The van der Waals surface area contributed by atoms with Crippen LogP contribution in [0.1, 0.15) is 25.3 Å². The number of thioether (sulfide) groups is 1. The molecule has 1 fully saturated rings. The van der Waals surface area contributed by atoms with Crippen molar-refractivity contribution in [3.8, 4) is 0 Å². The molecule has 1 amide bonds. The molecule has 21 heavy (non-hydrogen) atoms. The number of nitrogens with two attached hydrogens (primary N) is 1. The molecule has 0 spiro atoms. The van der Waals surface area contributed by atoms with Crippen molar-refractivity contribution in [2.45, 2.75) is 32.4 Å². The Morgan fingerprint density at radius 2 is 2.10 bits per heavy atom. The predicted octanol–water partition coefficient (Wildman–Crippen LogP) is 2.30. The number of benzene rings is 1. The Morgan fingerprint density at radius 3 is 2.81 bits per heavy atom. The van der Waals surface area contributed by atoms with Crippen LogP contribution in [-0.2, 0) is 11.3 Å². The number of anilines is 1. The summed E-state index contributed by atoms with van der Waals surface area (Å²) in [6.07, 6.45) is 1.64. The molecular weight excluding hydrogens is 282 g/mol. The summed E-state index contributed by atoms with van der Waals surface area (Å²) in [6, 6.07) is 7.61. The molecule has 2 rings (SSSR count). The molecule has 0 aliphatic carbocycles. The fraction of sp³-hybridized carbons (Fsp3) is 0.562. The summed E-state index contributed by atoms with van der Waals surface area (Å²) >= 11 is 2.01. The van der Waals surface area contributed by atoms with Crippen molar-refractivity contribution in [2.24, 2.45) is 5.73 Å². The number of para-hydroxylation sites is 1. The molecule has 0 saturated carbocycles. The third-order valence-electron chi connectivity index (χ3n) is 3.71. The van der Waals surface area contributed by atoms with Crippen LogP contribution in [-0.4, -0.2) is 41.4 Å². The van der Waals surface area contributed by atoms with Gasteiger partial charge in [0, 0.05) is 36.8 Å². The molecular formula is C16H25N3OS. The van der Waals surface area contributed by atoms with Gasteiger partial charge in [0.25, 0.3) is 0 Å². The molecule has 1 atom stereocenters. The molecule has 0 aromatic heterocycles. The van der Waals surface area contributed by atoms with Gasteiger partial charge in [-0.3, -0.25) is 9.69 Å². The van der Waals surface area contributed by atoms with Crippen molar-refractivity contribution in [1.82, 2.24) is 4.90 Å². The van der Waals surface area contributed by atoms with Crippen molar-refractivity contribution < 1.29 is 4.79 Å². The van der Waals surface area contributed by atoms with E-state index in [1.54, 1.807) is 0 Å². The largest absolute Gasteiger partial charge is 0.324 e. The van der Waals surface area contributed by atoms with Crippen LogP contribution in [0.25, 0.3) is 0 Å². The number of nitrogens with one attached hydrogen (secondary N) is 1. The fourth-order valence-electron chi connectivity index (χ4n) is 2.45. The van der Waals surface area contributed by atoms with Crippen LogP contribution in [0.5, 0.6) is 0 Å². The second kappa shape index (κ2) is 8.41. The molecule has 0 radical (unpaired) electrons. The third-order valence-corrected chi connectivity index (χ3v) is 4.65. The molecule has 5 heteroatoms. The molecule has 1 aliphatic heterocycles. The number of carbonyl (C=O) groups excluding carboxylic acids is 1. The van der Waals surface area contributed by atoms with E-state index in [4.69, 9.17) is 5.73 Å². The summed E-state index contributed by atoms with van der Waals surface area (Å²) in [4.78, 5) is 14.5. The third kappa shape index (κ3) is 5.02. The number of rotatable bonds is 6. The number of hydrogen-bond acceptors (Lipinski definition) is 4. The molecule has 1 heterocycles. The van der Waals surface area contributed by atoms with Crippen LogP contribution in [0.4, 0.5) is 5.69 Å². The zero-order valence-electron chi connectivity index (χ0n) is 12.7. The lowest BCUT2D eigenvalue weighted by atomic mass is 10.1. The molecule has 1 unspecified atom stereocenters. The summed E-state index contributed by atoms with van der Waals surface area (Å²) in [6.45, 7) is 5.15. The van der Waals surface area contributed by atoms with Crippen molar-refractivity contribution in [1.29, 1.82) is 0 Å². The average Bonchev–Trinajstić information content (AvgIpc) is 2.50. The smallest absolute Gasteiger partial charge is 0.241 e. The second-order valence-corrected chi connectivity index (χ2v) is 6.65. The highest BCUT2D eigenvalue weighted by Crippen LogP contribution is 2.20. The fourth-order valence-corrected chi connectivity index (χ4v) is 3.43. The predicted molar refractivity (Wildman–Crippen MR) is 90.6 cm³/mol. The van der Waals surface area contributed by atoms with E-state index in [1.807, 2.05) is 36.9 Å². The van der Waals surface area contributed by atoms with Gasteiger partial charge < -0.3 is 11.1 Å². The standard InChI is InChI=1S/C16H25N3OS/c1-2-5-14(17)16(20)18-15-7-4-3-6-13(15)12-19-8-10-21-11-9-19/h3-4,6-7,14H,2,5,8-12,17H2,1H3,(H,18,20). The van der Waals surface area contributed by atoms with Crippen LogP contribution in [0, 0.1) is 0 Å². The molecule has 1 aliphatic rings. The molecule has 1 aromatic carbocycles. The normalized spacial score (nSPS) is 17.4. The summed E-state index contributed by atoms with van der Waals surface area (Å²) in [7, 11) is 0. The van der Waals surface area contributed by atoms with Crippen LogP contribution < -0.4 is 11.1 Å². The minimum Gasteiger partial charge on any atom is -0.324 e. The molecule has 1 aromatic rings. The van der Waals surface area contributed by atoms with E-state index in [1.165, 1.54) is 17.1 Å². The van der Waals surface area contributed by atoms with Crippen molar-refractivity contribution in [3.63, 3.8) is 0 Å². The zero-order valence-corrected chi connectivity index (χ0v) is 13.5. The van der Waals surface area contributed by atoms with Crippen LogP contribution in [0.2, 0.25) is 0 Å². The number of nitrogens with zero attached hydrogens (tertiary/aromatic N) is 1. The van der Waals surface area contributed by atoms with E-state index < -0.39 is 6.04 Å². The Hall–Kier alpha value is -1.04. The van der Waals surface area contributed by atoms with Crippen molar-refractivity contribution >= 4 is 23.4 Å². The lowest BCUT2D eigenvalue weighted by Crippen LogP contribution is -2.36. The van der Waals surface area contributed by atoms with E-state index in [0.29, 0.717) is 0 Å². The first kappa shape index (κ1) is 16.3. The van der Waals surface area contributed by atoms with Gasteiger partial charge in [0.15, 0.2) is 0 Å². The first-order chi connectivity index (χ1) is 10.2. The lowest BCUT2D eigenvalue weighted by Gasteiger charge is -2.27. The van der Waals surface area contributed by atoms with E-state index >= 15 is 0 Å². The number of hydrogen-bond donors (Lipinski definition) is 2. The lowest BCUT2D eigenvalue weighted by molar-refractivity contribution is -0.117. The summed E-state index contributed by atoms with van der Waals surface area (Å²) in [5.74, 6) is 2.30. The van der Waals surface area contributed by atoms with Gasteiger partial charge in [-0.05, 0) is 18.1 Å². The minimum absolute atomic E-state index is 0.0847. The van der Waals surface area contributed by atoms with Gasteiger partial charge in [0.05, 0.1) is 6.04 Å². The first-order valence-corrected chi connectivity index (χ1v) is 8.80. The Labute approximate surface area is 131 Å². The molecule has 4 nitrogen and oxygen atoms in total. The van der Waals surface area contributed by atoms with Gasteiger partial charge in [-0.15, -0.1) is 0 Å². The van der Waals surface area contributed by atoms with Crippen LogP contribution in [0.3, 0.4) is 0 Å². The van der Waals surface area contributed by atoms with E-state index in [9.17, 15) is 4.79 Å². The molecule has 0 bridgehead atoms. The molecule has 3 N–H and O–H groups in total. The van der Waals surface area contributed by atoms with Gasteiger partial charge in [-0.2, -0.15) is 11.8 Å². The summed E-state index contributed by atoms with van der Waals surface area (Å²) in [5, 5.41) is 2.99. The van der Waals surface area contributed by atoms with Crippen LogP contribution >= 0.6 is 11.8 Å². The highest BCUT2D eigenvalue weighted by Gasteiger charge is 2.16. The SMILES string of the molecule is CCCC(N)C(=O)Nc1ccccc1CN1CCSCC1. The molecule has 116 valence electrons. The van der Waals surface area contributed by atoms with Crippen molar-refractivity contribution in [2.75, 3.05) is 29.9 Å². The minimum atomic E-state index is -0.422. The van der Waals surface area contributed by atoms with Gasteiger partial charge in [0.1, 0.15) is 0 Å². The highest BCUT2D eigenvalue weighted by molar-refractivity contribution is 7.99. The van der Waals surface area contributed by atoms with Crippen molar-refractivity contribution in [3.05, 3.63) is 29.8 Å². The maximum absolute atomic E-state index is 12.1. The monoisotopic (exact) mass is 307 g/mol. The van der Waals surface area contributed by atoms with Gasteiger partial charge in [-0.1, -0.05) is 31.5 Å². The number of amides is 1. The Balaban J connectivity index is 2.00. The maximum atomic E-state index is 12.1. The second-order valence-electron chi connectivity index (χ2n) is 5.43. The Bertz CT molecular complexity index is 461. The first-order valence-electron chi connectivity index (χ1n) is 7.65. The van der Waals surface area contributed by atoms with E-state index in [2.05, 4.69) is 16.3 Å². The van der Waals surface area contributed by atoms with Gasteiger partial charge in [-0.25, -0.2) is 0 Å². The summed E-state index contributed by atoms with van der Waals surface area (Å²) in [5.41, 5.74) is 7.95. The van der Waals surface area contributed by atoms with E-state index in [0.717, 1.165) is 38.2 Å². The summed E-state index contributed by atoms with van der Waals surface area (Å²) < 4.78 is 0. The topological polar surface area (TPSA) is 58.4 Å². The Morgan fingerprint density at radius 1 is 1.38 bits per heavy atom.